The van der Waals surface area contributed by atoms with Gasteiger partial charge in [-0.15, -0.1) is 0 Å². The van der Waals surface area contributed by atoms with E-state index in [1.54, 1.807) is 23.1 Å². The number of carbonyl (C=O) groups is 2. The first-order chi connectivity index (χ1) is 14.1. The minimum Gasteiger partial charge on any atom is -0.363 e. The number of amides is 2. The molecule has 2 aromatic rings. The molecular weight excluding hydrogens is 371 g/mol. The maximum absolute atomic E-state index is 13.8. The molecule has 0 saturated carbocycles. The van der Waals surface area contributed by atoms with Crippen LogP contribution in [0.5, 0.6) is 0 Å². The monoisotopic (exact) mass is 396 g/mol. The average molecular weight is 396 g/mol. The zero-order valence-electron chi connectivity index (χ0n) is 16.4. The Labute approximate surface area is 170 Å². The average Bonchev–Trinajstić information content (AvgIpc) is 2.76. The quantitative estimate of drug-likeness (QED) is 0.798. The lowest BCUT2D eigenvalue weighted by Gasteiger charge is -2.47. The van der Waals surface area contributed by atoms with Gasteiger partial charge in [-0.25, -0.2) is 4.39 Å². The second-order valence-electron chi connectivity index (χ2n) is 7.76. The molecule has 0 unspecified atom stereocenters. The third-order valence-electron chi connectivity index (χ3n) is 5.91. The summed E-state index contributed by atoms with van der Waals surface area (Å²) < 4.78 is 19.7. The summed E-state index contributed by atoms with van der Waals surface area (Å²) in [6.07, 6.45) is 2.08. The van der Waals surface area contributed by atoms with Crippen molar-refractivity contribution in [3.63, 3.8) is 0 Å². The van der Waals surface area contributed by atoms with Crippen LogP contribution < -0.4 is 4.90 Å². The second-order valence-corrected chi connectivity index (χ2v) is 7.76. The van der Waals surface area contributed by atoms with E-state index in [9.17, 15) is 14.0 Å². The highest BCUT2D eigenvalue weighted by atomic mass is 19.1. The van der Waals surface area contributed by atoms with Gasteiger partial charge in [0.1, 0.15) is 12.4 Å². The summed E-state index contributed by atoms with van der Waals surface area (Å²) in [5.41, 5.74) is 1.04. The lowest BCUT2D eigenvalue weighted by molar-refractivity contribution is -0.150. The van der Waals surface area contributed by atoms with E-state index in [1.165, 1.54) is 6.07 Å². The molecule has 2 aliphatic rings. The number of ether oxygens (including phenoxy) is 1. The molecule has 2 aromatic carbocycles. The Hall–Kier alpha value is -2.73. The van der Waals surface area contributed by atoms with Crippen molar-refractivity contribution in [3.05, 3.63) is 66.0 Å². The van der Waals surface area contributed by atoms with Crippen LogP contribution in [0.15, 0.2) is 54.6 Å². The number of para-hydroxylation sites is 1. The van der Waals surface area contributed by atoms with Gasteiger partial charge >= 0.3 is 0 Å². The first-order valence-electron chi connectivity index (χ1n) is 10.1. The number of carbonyl (C=O) groups excluding carboxylic acids is 2. The topological polar surface area (TPSA) is 49.9 Å². The van der Waals surface area contributed by atoms with Gasteiger partial charge in [0.15, 0.2) is 0 Å². The molecule has 2 amide bonds. The molecule has 0 N–H and O–H groups in total. The van der Waals surface area contributed by atoms with Gasteiger partial charge in [-0.05, 0) is 43.0 Å². The second kappa shape index (κ2) is 8.33. The van der Waals surface area contributed by atoms with Crippen molar-refractivity contribution in [1.29, 1.82) is 0 Å². The van der Waals surface area contributed by atoms with E-state index in [0.717, 1.165) is 5.69 Å². The van der Waals surface area contributed by atoms with Gasteiger partial charge in [0.2, 0.25) is 5.91 Å². The minimum atomic E-state index is -0.411. The molecule has 0 aliphatic carbocycles. The van der Waals surface area contributed by atoms with Gasteiger partial charge < -0.3 is 14.5 Å². The number of anilines is 1. The zero-order chi connectivity index (χ0) is 20.3. The molecule has 2 heterocycles. The molecule has 4 rings (SSSR count). The van der Waals surface area contributed by atoms with E-state index in [4.69, 9.17) is 4.74 Å². The van der Waals surface area contributed by atoms with Crippen LogP contribution in [-0.2, 0) is 20.7 Å². The fraction of sp³-hybridized carbons (Fsp3) is 0.391. The first kappa shape index (κ1) is 19.6. The summed E-state index contributed by atoms with van der Waals surface area (Å²) in [6, 6.07) is 16.2. The third kappa shape index (κ3) is 4.32. The largest absolute Gasteiger partial charge is 0.363 e. The number of aryl methyl sites for hydroxylation is 1. The fourth-order valence-corrected chi connectivity index (χ4v) is 4.12. The normalized spacial score (nSPS) is 18.9. The molecule has 2 saturated heterocycles. The molecule has 0 atom stereocenters. The summed E-state index contributed by atoms with van der Waals surface area (Å²) in [7, 11) is 0. The van der Waals surface area contributed by atoms with Crippen molar-refractivity contribution < 1.29 is 18.7 Å². The Morgan fingerprint density at radius 1 is 1.03 bits per heavy atom. The SMILES string of the molecule is O=C(CCc1ccccc1F)N1CCC2(CC1)CN(c1ccccc1)C(=O)CO2. The number of rotatable bonds is 4. The van der Waals surface area contributed by atoms with Gasteiger partial charge in [-0.3, -0.25) is 9.59 Å². The number of likely N-dealkylation sites (tertiary alicyclic amines) is 1. The molecule has 2 aliphatic heterocycles. The predicted molar refractivity (Wildman–Crippen MR) is 108 cm³/mol. The Balaban J connectivity index is 1.34. The number of nitrogens with zero attached hydrogens (tertiary/aromatic N) is 2. The number of hydrogen-bond acceptors (Lipinski definition) is 3. The van der Waals surface area contributed by atoms with E-state index in [1.807, 2.05) is 35.2 Å². The van der Waals surface area contributed by atoms with Crippen LogP contribution in [0.25, 0.3) is 0 Å². The van der Waals surface area contributed by atoms with Gasteiger partial charge in [0, 0.05) is 25.2 Å². The molecular formula is C23H25FN2O3. The van der Waals surface area contributed by atoms with Crippen LogP contribution in [0.4, 0.5) is 10.1 Å². The Kier molecular flexibility index (Phi) is 5.62. The van der Waals surface area contributed by atoms with Gasteiger partial charge in [-0.2, -0.15) is 0 Å². The van der Waals surface area contributed by atoms with Crippen LogP contribution in [0.1, 0.15) is 24.8 Å². The molecule has 29 heavy (non-hydrogen) atoms. The van der Waals surface area contributed by atoms with Crippen LogP contribution in [0, 0.1) is 5.82 Å². The summed E-state index contributed by atoms with van der Waals surface area (Å²) in [5.74, 6) is -0.265. The Morgan fingerprint density at radius 3 is 2.45 bits per heavy atom. The summed E-state index contributed by atoms with van der Waals surface area (Å²) >= 11 is 0. The Morgan fingerprint density at radius 2 is 1.72 bits per heavy atom. The number of halogens is 1. The molecule has 6 heteroatoms. The van der Waals surface area contributed by atoms with Gasteiger partial charge in [0.25, 0.3) is 5.91 Å². The number of hydrogen-bond donors (Lipinski definition) is 0. The highest BCUT2D eigenvalue weighted by molar-refractivity contribution is 5.95. The van der Waals surface area contributed by atoms with Crippen molar-refractivity contribution in [2.45, 2.75) is 31.3 Å². The van der Waals surface area contributed by atoms with E-state index in [0.29, 0.717) is 50.9 Å². The molecule has 2 fully saturated rings. The number of morpholine rings is 1. The Bertz CT molecular complexity index is 879. The fourth-order valence-electron chi connectivity index (χ4n) is 4.12. The van der Waals surface area contributed by atoms with E-state index >= 15 is 0 Å². The molecule has 0 bridgehead atoms. The van der Waals surface area contributed by atoms with Crippen LogP contribution >= 0.6 is 0 Å². The molecule has 1 spiro atoms. The lowest BCUT2D eigenvalue weighted by Crippen LogP contribution is -2.59. The smallest absolute Gasteiger partial charge is 0.253 e. The van der Waals surface area contributed by atoms with Crippen molar-refractivity contribution >= 4 is 17.5 Å². The molecule has 152 valence electrons. The van der Waals surface area contributed by atoms with Gasteiger partial charge in [-0.1, -0.05) is 36.4 Å². The third-order valence-corrected chi connectivity index (χ3v) is 5.91. The number of benzene rings is 2. The first-order valence-corrected chi connectivity index (χ1v) is 10.1. The standard InChI is InChI=1S/C23H25FN2O3/c24-20-9-5-4-6-18(20)10-11-21(27)25-14-12-23(13-15-25)17-26(22(28)16-29-23)19-7-2-1-3-8-19/h1-9H,10-17H2. The predicted octanol–water partition coefficient (Wildman–Crippen LogP) is 3.18. The molecule has 0 radical (unpaired) electrons. The van der Waals surface area contributed by atoms with Crippen LogP contribution in [0.3, 0.4) is 0 Å². The minimum absolute atomic E-state index is 0.0368. The van der Waals surface area contributed by atoms with Crippen molar-refractivity contribution in [2.75, 3.05) is 31.1 Å². The molecule has 0 aromatic heterocycles. The maximum Gasteiger partial charge on any atom is 0.253 e. The highest BCUT2D eigenvalue weighted by Crippen LogP contribution is 2.33. The van der Waals surface area contributed by atoms with Crippen molar-refractivity contribution in [1.82, 2.24) is 4.90 Å². The van der Waals surface area contributed by atoms with Gasteiger partial charge in [0.05, 0.1) is 12.1 Å². The van der Waals surface area contributed by atoms with Crippen LogP contribution in [0.2, 0.25) is 0 Å². The number of piperidine rings is 1. The highest BCUT2D eigenvalue weighted by Gasteiger charge is 2.43. The summed E-state index contributed by atoms with van der Waals surface area (Å²) in [4.78, 5) is 28.6. The zero-order valence-corrected chi connectivity index (χ0v) is 16.4. The van der Waals surface area contributed by atoms with Crippen molar-refractivity contribution in [2.24, 2.45) is 0 Å². The lowest BCUT2D eigenvalue weighted by atomic mass is 9.88. The van der Waals surface area contributed by atoms with E-state index < -0.39 is 5.60 Å². The van der Waals surface area contributed by atoms with E-state index in [2.05, 4.69) is 0 Å². The summed E-state index contributed by atoms with van der Waals surface area (Å²) in [5, 5.41) is 0. The van der Waals surface area contributed by atoms with Crippen molar-refractivity contribution in [3.8, 4) is 0 Å². The van der Waals surface area contributed by atoms with E-state index in [-0.39, 0.29) is 24.2 Å². The molecule has 5 nitrogen and oxygen atoms in total. The van der Waals surface area contributed by atoms with Crippen LogP contribution in [-0.4, -0.2) is 48.6 Å². The maximum atomic E-state index is 13.8. The summed E-state index contributed by atoms with van der Waals surface area (Å²) in [6.45, 7) is 1.75.